The van der Waals surface area contributed by atoms with Gasteiger partial charge in [-0.05, 0) is 43.7 Å². The van der Waals surface area contributed by atoms with Gasteiger partial charge in [0.25, 0.3) is 0 Å². The van der Waals surface area contributed by atoms with Crippen LogP contribution in [0.2, 0.25) is 0 Å². The molecule has 20 heavy (non-hydrogen) atoms. The van der Waals surface area contributed by atoms with E-state index in [2.05, 4.69) is 42.4 Å². The summed E-state index contributed by atoms with van der Waals surface area (Å²) in [6.07, 6.45) is 3.01. The molecule has 0 saturated heterocycles. The minimum atomic E-state index is 0.913. The van der Waals surface area contributed by atoms with Gasteiger partial charge in [-0.2, -0.15) is 0 Å². The van der Waals surface area contributed by atoms with Gasteiger partial charge in [0, 0.05) is 29.7 Å². The van der Waals surface area contributed by atoms with Gasteiger partial charge in [0.15, 0.2) is 0 Å². The molecule has 0 radical (unpaired) electrons. The highest BCUT2D eigenvalue weighted by molar-refractivity contribution is 5.86. The number of hydrogen-bond acceptors (Lipinski definition) is 2. The van der Waals surface area contributed by atoms with Crippen molar-refractivity contribution in [1.82, 2.24) is 9.88 Å². The van der Waals surface area contributed by atoms with Crippen molar-refractivity contribution in [3.05, 3.63) is 42.1 Å². The Labute approximate surface area is 121 Å². The first-order chi connectivity index (χ1) is 9.69. The van der Waals surface area contributed by atoms with Crippen molar-refractivity contribution < 1.29 is 4.74 Å². The summed E-state index contributed by atoms with van der Waals surface area (Å²) < 4.78 is 5.33. The average Bonchev–Trinajstić information content (AvgIpc) is 2.78. The highest BCUT2D eigenvalue weighted by atomic mass is 16.5. The van der Waals surface area contributed by atoms with Gasteiger partial charge in [-0.1, -0.05) is 13.0 Å². The molecule has 2 rings (SSSR count). The van der Waals surface area contributed by atoms with Crippen molar-refractivity contribution >= 4 is 10.9 Å². The van der Waals surface area contributed by atoms with Crippen LogP contribution >= 0.6 is 0 Å². The standard InChI is InChI=1S/C17H24N2O/c1-5-10-19(6-2)11-9-15-13(3)18-17-8-7-14(20-4)12-16(15)17/h5,7-8,12,18H,1,6,9-11H2,2-4H3. The van der Waals surface area contributed by atoms with Crippen LogP contribution in [-0.2, 0) is 6.42 Å². The lowest BCUT2D eigenvalue weighted by atomic mass is 10.1. The van der Waals surface area contributed by atoms with E-state index in [1.807, 2.05) is 12.1 Å². The number of hydrogen-bond donors (Lipinski definition) is 1. The second kappa shape index (κ2) is 6.62. The minimum Gasteiger partial charge on any atom is -0.497 e. The molecule has 0 aliphatic rings. The smallest absolute Gasteiger partial charge is 0.119 e. The van der Waals surface area contributed by atoms with Crippen LogP contribution in [-0.4, -0.2) is 36.6 Å². The number of benzene rings is 1. The summed E-state index contributed by atoms with van der Waals surface area (Å²) in [5.41, 5.74) is 3.83. The van der Waals surface area contributed by atoms with Crippen LogP contribution in [0.5, 0.6) is 5.75 Å². The Balaban J connectivity index is 2.24. The van der Waals surface area contributed by atoms with Crippen molar-refractivity contribution in [3.63, 3.8) is 0 Å². The second-order valence-electron chi connectivity index (χ2n) is 5.07. The first-order valence-corrected chi connectivity index (χ1v) is 7.18. The van der Waals surface area contributed by atoms with Crippen LogP contribution in [0.4, 0.5) is 0 Å². The van der Waals surface area contributed by atoms with Gasteiger partial charge in [-0.3, -0.25) is 4.90 Å². The highest BCUT2D eigenvalue weighted by Gasteiger charge is 2.10. The molecule has 1 N–H and O–H groups in total. The molecule has 0 amide bonds. The number of rotatable bonds is 7. The Morgan fingerprint density at radius 2 is 2.20 bits per heavy atom. The Kier molecular flexibility index (Phi) is 4.85. The number of aromatic nitrogens is 1. The molecule has 3 nitrogen and oxygen atoms in total. The molecule has 0 bridgehead atoms. The number of fused-ring (bicyclic) bond motifs is 1. The Hall–Kier alpha value is -1.74. The zero-order chi connectivity index (χ0) is 14.5. The second-order valence-corrected chi connectivity index (χ2v) is 5.07. The van der Waals surface area contributed by atoms with E-state index in [-0.39, 0.29) is 0 Å². The summed E-state index contributed by atoms with van der Waals surface area (Å²) in [6.45, 7) is 11.2. The van der Waals surface area contributed by atoms with Gasteiger partial charge in [0.05, 0.1) is 7.11 Å². The zero-order valence-electron chi connectivity index (χ0n) is 12.7. The summed E-state index contributed by atoms with van der Waals surface area (Å²) in [4.78, 5) is 5.85. The van der Waals surface area contributed by atoms with E-state index >= 15 is 0 Å². The third-order valence-corrected chi connectivity index (χ3v) is 3.84. The number of nitrogens with zero attached hydrogens (tertiary/aromatic N) is 1. The van der Waals surface area contributed by atoms with Gasteiger partial charge in [0.2, 0.25) is 0 Å². The van der Waals surface area contributed by atoms with Gasteiger partial charge >= 0.3 is 0 Å². The van der Waals surface area contributed by atoms with Crippen LogP contribution in [0.1, 0.15) is 18.2 Å². The number of methoxy groups -OCH3 is 1. The summed E-state index contributed by atoms with van der Waals surface area (Å²) >= 11 is 0. The summed E-state index contributed by atoms with van der Waals surface area (Å²) in [7, 11) is 1.71. The summed E-state index contributed by atoms with van der Waals surface area (Å²) in [6, 6.07) is 6.21. The number of ether oxygens (including phenoxy) is 1. The molecule has 108 valence electrons. The third kappa shape index (κ3) is 3.05. The Morgan fingerprint density at radius 1 is 1.40 bits per heavy atom. The van der Waals surface area contributed by atoms with E-state index in [4.69, 9.17) is 4.74 Å². The van der Waals surface area contributed by atoms with Crippen molar-refractivity contribution in [2.45, 2.75) is 20.3 Å². The Morgan fingerprint density at radius 3 is 2.85 bits per heavy atom. The number of likely N-dealkylation sites (N-methyl/N-ethyl adjacent to an activating group) is 1. The van der Waals surface area contributed by atoms with Crippen molar-refractivity contribution in [1.29, 1.82) is 0 Å². The maximum atomic E-state index is 5.33. The average molecular weight is 272 g/mol. The zero-order valence-corrected chi connectivity index (χ0v) is 12.7. The number of aryl methyl sites for hydroxylation is 1. The molecule has 0 saturated carbocycles. The minimum absolute atomic E-state index is 0.913. The fraction of sp³-hybridized carbons (Fsp3) is 0.412. The van der Waals surface area contributed by atoms with E-state index in [9.17, 15) is 0 Å². The predicted molar refractivity (Wildman–Crippen MR) is 85.6 cm³/mol. The molecule has 0 unspecified atom stereocenters. The third-order valence-electron chi connectivity index (χ3n) is 3.84. The van der Waals surface area contributed by atoms with Gasteiger partial charge in [0.1, 0.15) is 5.75 Å². The lowest BCUT2D eigenvalue weighted by Gasteiger charge is -2.18. The van der Waals surface area contributed by atoms with Gasteiger partial charge < -0.3 is 9.72 Å². The topological polar surface area (TPSA) is 28.3 Å². The van der Waals surface area contributed by atoms with Gasteiger partial charge in [-0.25, -0.2) is 0 Å². The SMILES string of the molecule is C=CCN(CC)CCc1c(C)[nH]c2ccc(OC)cc12. The van der Waals surface area contributed by atoms with E-state index < -0.39 is 0 Å². The maximum absolute atomic E-state index is 5.33. The van der Waals surface area contributed by atoms with E-state index in [1.165, 1.54) is 22.2 Å². The molecule has 3 heteroatoms. The maximum Gasteiger partial charge on any atom is 0.119 e. The quantitative estimate of drug-likeness (QED) is 0.781. The van der Waals surface area contributed by atoms with Crippen LogP contribution in [0, 0.1) is 6.92 Å². The van der Waals surface area contributed by atoms with Crippen LogP contribution in [0.25, 0.3) is 10.9 Å². The molecule has 2 aromatic rings. The highest BCUT2D eigenvalue weighted by Crippen LogP contribution is 2.26. The van der Waals surface area contributed by atoms with Crippen LogP contribution in [0.15, 0.2) is 30.9 Å². The predicted octanol–water partition coefficient (Wildman–Crippen LogP) is 3.54. The number of nitrogens with one attached hydrogen (secondary N) is 1. The largest absolute Gasteiger partial charge is 0.497 e. The first-order valence-electron chi connectivity index (χ1n) is 7.18. The van der Waals surface area contributed by atoms with Gasteiger partial charge in [-0.15, -0.1) is 6.58 Å². The lowest BCUT2D eigenvalue weighted by molar-refractivity contribution is 0.323. The van der Waals surface area contributed by atoms with E-state index in [0.717, 1.165) is 31.8 Å². The molecule has 1 heterocycles. The lowest BCUT2D eigenvalue weighted by Crippen LogP contribution is -2.25. The molecule has 0 aliphatic carbocycles. The molecule has 1 aromatic carbocycles. The number of H-pyrrole nitrogens is 1. The summed E-state index contributed by atoms with van der Waals surface area (Å²) in [5.74, 6) is 0.913. The molecule has 0 fully saturated rings. The fourth-order valence-electron chi connectivity index (χ4n) is 2.64. The molecule has 0 atom stereocenters. The van der Waals surface area contributed by atoms with Crippen LogP contribution in [0.3, 0.4) is 0 Å². The van der Waals surface area contributed by atoms with Crippen molar-refractivity contribution in [2.75, 3.05) is 26.7 Å². The molecule has 0 spiro atoms. The Bertz CT molecular complexity index is 586. The monoisotopic (exact) mass is 272 g/mol. The summed E-state index contributed by atoms with van der Waals surface area (Å²) in [5, 5.41) is 1.27. The van der Waals surface area contributed by atoms with Crippen molar-refractivity contribution in [3.8, 4) is 5.75 Å². The number of aromatic amines is 1. The molecular formula is C17H24N2O. The van der Waals surface area contributed by atoms with E-state index in [1.54, 1.807) is 7.11 Å². The first kappa shape index (κ1) is 14.7. The normalized spacial score (nSPS) is 11.2. The van der Waals surface area contributed by atoms with Crippen molar-refractivity contribution in [2.24, 2.45) is 0 Å². The molecule has 1 aromatic heterocycles. The molecule has 0 aliphatic heterocycles. The fourth-order valence-corrected chi connectivity index (χ4v) is 2.64. The van der Waals surface area contributed by atoms with E-state index in [0.29, 0.717) is 0 Å². The molecular weight excluding hydrogens is 248 g/mol. The van der Waals surface area contributed by atoms with Crippen LogP contribution < -0.4 is 4.74 Å².